The third kappa shape index (κ3) is 1.96. The summed E-state index contributed by atoms with van der Waals surface area (Å²) in [5.41, 5.74) is 1.32. The Balaban J connectivity index is 2.35. The summed E-state index contributed by atoms with van der Waals surface area (Å²) in [5.74, 6) is -1.24. The van der Waals surface area contributed by atoms with Crippen molar-refractivity contribution in [3.05, 3.63) is 36.0 Å². The summed E-state index contributed by atoms with van der Waals surface area (Å²) in [6.07, 6.45) is 3.24. The summed E-state index contributed by atoms with van der Waals surface area (Å²) in [4.78, 5) is 14.4. The third-order valence-electron chi connectivity index (χ3n) is 2.14. The first-order chi connectivity index (χ1) is 7.16. The highest BCUT2D eigenvalue weighted by atomic mass is 19.1. The molecule has 0 radical (unpaired) electrons. The molecule has 0 spiro atoms. The number of carbonyl (C=O) groups is 1. The second-order valence-corrected chi connectivity index (χ2v) is 3.22. The Labute approximate surface area is 85.0 Å². The lowest BCUT2D eigenvalue weighted by atomic mass is 10.2. The molecule has 0 amide bonds. The van der Waals surface area contributed by atoms with E-state index in [1.807, 2.05) is 0 Å². The van der Waals surface area contributed by atoms with Gasteiger partial charge in [0.1, 0.15) is 11.5 Å². The first-order valence-corrected chi connectivity index (χ1v) is 4.50. The summed E-state index contributed by atoms with van der Waals surface area (Å²) in [5, 5.41) is 8.54. The van der Waals surface area contributed by atoms with Gasteiger partial charge in [0.2, 0.25) is 0 Å². The molecule has 2 aromatic rings. The normalized spacial score (nSPS) is 10.7. The molecule has 0 aromatic carbocycles. The zero-order chi connectivity index (χ0) is 10.8. The second-order valence-electron chi connectivity index (χ2n) is 3.22. The van der Waals surface area contributed by atoms with Crippen LogP contribution in [0.2, 0.25) is 0 Å². The quantitative estimate of drug-likeness (QED) is 0.831. The number of hydrogen-bond acceptors (Lipinski definition) is 2. The number of carboxylic acids is 1. The molecule has 0 aliphatic carbocycles. The maximum atomic E-state index is 12.9. The van der Waals surface area contributed by atoms with Crippen LogP contribution in [0.15, 0.2) is 24.5 Å². The van der Waals surface area contributed by atoms with Gasteiger partial charge in [0.15, 0.2) is 0 Å². The van der Waals surface area contributed by atoms with Gasteiger partial charge in [0.05, 0.1) is 6.42 Å². The van der Waals surface area contributed by atoms with E-state index in [2.05, 4.69) is 4.98 Å². The molecule has 15 heavy (non-hydrogen) atoms. The number of hydrogen-bond donors (Lipinski definition) is 1. The second kappa shape index (κ2) is 3.68. The van der Waals surface area contributed by atoms with Crippen LogP contribution in [0.5, 0.6) is 0 Å². The summed E-state index contributed by atoms with van der Waals surface area (Å²) >= 11 is 0. The smallest absolute Gasteiger partial charge is 0.303 e. The van der Waals surface area contributed by atoms with Crippen LogP contribution in [-0.4, -0.2) is 20.5 Å². The number of nitrogens with zero attached hydrogens (tertiary/aromatic N) is 2. The lowest BCUT2D eigenvalue weighted by Gasteiger charge is -1.99. The van der Waals surface area contributed by atoms with Gasteiger partial charge >= 0.3 is 5.97 Å². The van der Waals surface area contributed by atoms with Gasteiger partial charge in [-0.15, -0.1) is 0 Å². The number of aromatic nitrogens is 2. The molecule has 5 heteroatoms. The molecule has 0 atom stereocenters. The standard InChI is InChI=1S/C10H9FN2O2/c11-7-1-3-9-12-5-8(13(9)6-7)2-4-10(14)15/h1,3,5-6H,2,4H2,(H,14,15). The molecule has 0 aliphatic heterocycles. The third-order valence-corrected chi connectivity index (χ3v) is 2.14. The van der Waals surface area contributed by atoms with E-state index in [4.69, 9.17) is 5.11 Å². The molecule has 78 valence electrons. The van der Waals surface area contributed by atoms with Gasteiger partial charge in [0.25, 0.3) is 0 Å². The van der Waals surface area contributed by atoms with Crippen molar-refractivity contribution in [2.45, 2.75) is 12.8 Å². The van der Waals surface area contributed by atoms with Crippen molar-refractivity contribution in [2.75, 3.05) is 0 Å². The largest absolute Gasteiger partial charge is 0.481 e. The molecule has 2 aromatic heterocycles. The molecule has 0 unspecified atom stereocenters. The monoisotopic (exact) mass is 208 g/mol. The van der Waals surface area contributed by atoms with Gasteiger partial charge in [0, 0.05) is 24.5 Å². The van der Waals surface area contributed by atoms with Gasteiger partial charge in [-0.3, -0.25) is 4.79 Å². The fraction of sp³-hybridized carbons (Fsp3) is 0.200. The van der Waals surface area contributed by atoms with Gasteiger partial charge < -0.3 is 9.51 Å². The molecular formula is C10H9FN2O2. The zero-order valence-electron chi connectivity index (χ0n) is 7.85. The van der Waals surface area contributed by atoms with E-state index in [0.717, 1.165) is 0 Å². The van der Waals surface area contributed by atoms with Crippen molar-refractivity contribution in [3.8, 4) is 0 Å². The maximum absolute atomic E-state index is 12.9. The fourth-order valence-corrected chi connectivity index (χ4v) is 1.43. The van der Waals surface area contributed by atoms with Crippen molar-refractivity contribution < 1.29 is 14.3 Å². The average Bonchev–Trinajstić information content (AvgIpc) is 2.57. The van der Waals surface area contributed by atoms with Crippen LogP contribution in [0.3, 0.4) is 0 Å². The number of rotatable bonds is 3. The average molecular weight is 208 g/mol. The minimum absolute atomic E-state index is 0.0182. The number of aliphatic carboxylic acids is 1. The number of pyridine rings is 1. The molecule has 0 aliphatic rings. The van der Waals surface area contributed by atoms with E-state index in [-0.39, 0.29) is 12.2 Å². The van der Waals surface area contributed by atoms with Crippen LogP contribution < -0.4 is 0 Å². The Kier molecular flexibility index (Phi) is 2.37. The van der Waals surface area contributed by atoms with E-state index in [1.165, 1.54) is 12.3 Å². The van der Waals surface area contributed by atoms with Crippen LogP contribution >= 0.6 is 0 Å². The number of carboxylic acid groups (broad SMARTS) is 1. The van der Waals surface area contributed by atoms with Crippen LogP contribution in [0.25, 0.3) is 5.65 Å². The Morgan fingerprint density at radius 2 is 2.33 bits per heavy atom. The highest BCUT2D eigenvalue weighted by molar-refractivity contribution is 5.67. The van der Waals surface area contributed by atoms with E-state index >= 15 is 0 Å². The van der Waals surface area contributed by atoms with Crippen molar-refractivity contribution in [1.82, 2.24) is 9.38 Å². The molecule has 0 fully saturated rings. The van der Waals surface area contributed by atoms with Crippen LogP contribution in [0.1, 0.15) is 12.1 Å². The summed E-state index contributed by atoms with van der Waals surface area (Å²) < 4.78 is 14.5. The number of fused-ring (bicyclic) bond motifs is 1. The predicted octanol–water partition coefficient (Wildman–Crippen LogP) is 1.49. The van der Waals surface area contributed by atoms with Crippen molar-refractivity contribution >= 4 is 11.6 Å². The summed E-state index contributed by atoms with van der Waals surface area (Å²) in [7, 11) is 0. The van der Waals surface area contributed by atoms with Crippen LogP contribution in [0, 0.1) is 5.82 Å². The molecule has 2 rings (SSSR count). The topological polar surface area (TPSA) is 54.6 Å². The Bertz CT molecular complexity index is 507. The van der Waals surface area contributed by atoms with Gasteiger partial charge in [-0.05, 0) is 12.1 Å². The van der Waals surface area contributed by atoms with Crippen LogP contribution in [-0.2, 0) is 11.2 Å². The molecule has 0 saturated heterocycles. The van der Waals surface area contributed by atoms with Gasteiger partial charge in [-0.25, -0.2) is 9.37 Å². The van der Waals surface area contributed by atoms with Crippen LogP contribution in [0.4, 0.5) is 4.39 Å². The first-order valence-electron chi connectivity index (χ1n) is 4.50. The molecular weight excluding hydrogens is 199 g/mol. The van der Waals surface area contributed by atoms with E-state index in [1.54, 1.807) is 16.7 Å². The minimum atomic E-state index is -0.874. The van der Waals surface area contributed by atoms with Crippen molar-refractivity contribution in [2.24, 2.45) is 0 Å². The summed E-state index contributed by atoms with van der Waals surface area (Å²) in [6.45, 7) is 0. The Morgan fingerprint density at radius 3 is 3.07 bits per heavy atom. The van der Waals surface area contributed by atoms with E-state index < -0.39 is 5.97 Å². The van der Waals surface area contributed by atoms with Gasteiger partial charge in [-0.2, -0.15) is 0 Å². The minimum Gasteiger partial charge on any atom is -0.481 e. The SMILES string of the molecule is O=C(O)CCc1cnc2ccc(F)cn12. The van der Waals surface area contributed by atoms with E-state index in [0.29, 0.717) is 17.8 Å². The van der Waals surface area contributed by atoms with E-state index in [9.17, 15) is 9.18 Å². The highest BCUT2D eigenvalue weighted by Gasteiger charge is 2.06. The number of imidazole rings is 1. The molecule has 0 saturated carbocycles. The van der Waals surface area contributed by atoms with Gasteiger partial charge in [-0.1, -0.05) is 0 Å². The van der Waals surface area contributed by atoms with Crippen molar-refractivity contribution in [1.29, 1.82) is 0 Å². The Morgan fingerprint density at radius 1 is 1.53 bits per heavy atom. The molecule has 2 heterocycles. The lowest BCUT2D eigenvalue weighted by Crippen LogP contribution is -2.00. The zero-order valence-corrected chi connectivity index (χ0v) is 7.85. The fourth-order valence-electron chi connectivity index (χ4n) is 1.43. The molecule has 4 nitrogen and oxygen atoms in total. The highest BCUT2D eigenvalue weighted by Crippen LogP contribution is 2.10. The number of halogens is 1. The Hall–Kier alpha value is -1.91. The van der Waals surface area contributed by atoms with Crippen molar-refractivity contribution in [3.63, 3.8) is 0 Å². The predicted molar refractivity (Wildman–Crippen MR) is 51.1 cm³/mol. The molecule has 1 N–H and O–H groups in total. The molecule has 0 bridgehead atoms. The maximum Gasteiger partial charge on any atom is 0.303 e. The summed E-state index contributed by atoms with van der Waals surface area (Å²) in [6, 6.07) is 2.88. The first kappa shape index (κ1) is 9.64. The number of aryl methyl sites for hydroxylation is 1. The lowest BCUT2D eigenvalue weighted by molar-refractivity contribution is -0.136.